The summed E-state index contributed by atoms with van der Waals surface area (Å²) in [6, 6.07) is 21.7. The monoisotopic (exact) mass is 462 g/mol. The van der Waals surface area contributed by atoms with Crippen molar-refractivity contribution < 1.29 is 9.18 Å². The highest BCUT2D eigenvalue weighted by Crippen LogP contribution is 2.27. The Labute approximate surface area is 196 Å². The van der Waals surface area contributed by atoms with Crippen LogP contribution in [-0.2, 0) is 11.3 Å². The number of fused-ring (bicyclic) bond motifs is 1. The molecule has 0 bridgehead atoms. The molecule has 0 aliphatic carbocycles. The average Bonchev–Trinajstić information content (AvgIpc) is 3.19. The second kappa shape index (κ2) is 9.33. The van der Waals surface area contributed by atoms with Crippen molar-refractivity contribution in [3.8, 4) is 5.69 Å². The SMILES string of the molecule is O=C(Nc1ccccc1Cl)C1CCN(Cc2nc3ccccc3n2-c2ccc(F)cc2)CC1. The minimum absolute atomic E-state index is 0.0151. The number of nitrogens with one attached hydrogen (secondary N) is 1. The van der Waals surface area contributed by atoms with Gasteiger partial charge < -0.3 is 5.32 Å². The molecule has 1 saturated heterocycles. The highest BCUT2D eigenvalue weighted by atomic mass is 35.5. The first-order valence-electron chi connectivity index (χ1n) is 11.1. The van der Waals surface area contributed by atoms with Crippen LogP contribution < -0.4 is 5.32 Å². The first-order chi connectivity index (χ1) is 16.1. The maximum atomic E-state index is 13.5. The zero-order valence-electron chi connectivity index (χ0n) is 18.0. The van der Waals surface area contributed by atoms with Gasteiger partial charge in [-0.2, -0.15) is 0 Å². The van der Waals surface area contributed by atoms with Crippen LogP contribution >= 0.6 is 11.6 Å². The Morgan fingerprint density at radius 3 is 2.45 bits per heavy atom. The van der Waals surface area contributed by atoms with E-state index in [0.717, 1.165) is 48.5 Å². The fraction of sp³-hybridized carbons (Fsp3) is 0.231. The van der Waals surface area contributed by atoms with Crippen molar-refractivity contribution in [1.29, 1.82) is 0 Å². The fourth-order valence-corrected chi connectivity index (χ4v) is 4.59. The number of nitrogens with zero attached hydrogens (tertiary/aromatic N) is 3. The van der Waals surface area contributed by atoms with E-state index >= 15 is 0 Å². The Morgan fingerprint density at radius 2 is 1.70 bits per heavy atom. The lowest BCUT2D eigenvalue weighted by Crippen LogP contribution is -2.38. The lowest BCUT2D eigenvalue weighted by molar-refractivity contribution is -0.121. The van der Waals surface area contributed by atoms with E-state index in [1.165, 1.54) is 12.1 Å². The summed E-state index contributed by atoms with van der Waals surface area (Å²) in [4.78, 5) is 19.9. The predicted octanol–water partition coefficient (Wildman–Crippen LogP) is 5.67. The number of carbonyl (C=O) groups excluding carboxylic acids is 1. The number of rotatable bonds is 5. The van der Waals surface area contributed by atoms with Crippen molar-refractivity contribution in [2.75, 3.05) is 18.4 Å². The molecule has 1 aromatic heterocycles. The maximum Gasteiger partial charge on any atom is 0.227 e. The smallest absolute Gasteiger partial charge is 0.227 e. The maximum absolute atomic E-state index is 13.5. The van der Waals surface area contributed by atoms with E-state index in [-0.39, 0.29) is 17.6 Å². The van der Waals surface area contributed by atoms with Crippen LogP contribution in [0.2, 0.25) is 5.02 Å². The summed E-state index contributed by atoms with van der Waals surface area (Å²) in [5, 5.41) is 3.51. The predicted molar refractivity (Wildman–Crippen MR) is 129 cm³/mol. The van der Waals surface area contributed by atoms with Crippen LogP contribution in [0.3, 0.4) is 0 Å². The molecule has 1 aliphatic rings. The van der Waals surface area contributed by atoms with Crippen molar-refractivity contribution in [3.05, 3.63) is 89.5 Å². The number of carbonyl (C=O) groups is 1. The Morgan fingerprint density at radius 1 is 1.00 bits per heavy atom. The van der Waals surface area contributed by atoms with Gasteiger partial charge in [0.2, 0.25) is 5.91 Å². The molecule has 1 aliphatic heterocycles. The third kappa shape index (κ3) is 4.63. The minimum atomic E-state index is -0.262. The molecule has 0 spiro atoms. The van der Waals surface area contributed by atoms with Gasteiger partial charge in [-0.3, -0.25) is 14.3 Å². The summed E-state index contributed by atoms with van der Waals surface area (Å²) in [6.45, 7) is 2.26. The van der Waals surface area contributed by atoms with Crippen LogP contribution in [0.15, 0.2) is 72.8 Å². The molecule has 5 rings (SSSR count). The number of hydrogen-bond acceptors (Lipinski definition) is 3. The van der Waals surface area contributed by atoms with Gasteiger partial charge >= 0.3 is 0 Å². The second-order valence-corrected chi connectivity index (χ2v) is 8.76. The molecule has 168 valence electrons. The zero-order valence-corrected chi connectivity index (χ0v) is 18.8. The number of aromatic nitrogens is 2. The fourth-order valence-electron chi connectivity index (χ4n) is 4.41. The van der Waals surface area contributed by atoms with Gasteiger partial charge in [-0.15, -0.1) is 0 Å². The van der Waals surface area contributed by atoms with E-state index in [0.29, 0.717) is 17.3 Å². The van der Waals surface area contributed by atoms with Gasteiger partial charge in [-0.25, -0.2) is 9.37 Å². The number of piperidine rings is 1. The first-order valence-corrected chi connectivity index (χ1v) is 11.5. The van der Waals surface area contributed by atoms with Gasteiger partial charge in [-0.05, 0) is 74.5 Å². The highest BCUT2D eigenvalue weighted by Gasteiger charge is 2.26. The normalized spacial score (nSPS) is 15.1. The second-order valence-electron chi connectivity index (χ2n) is 8.35. The van der Waals surface area contributed by atoms with Gasteiger partial charge in [-0.1, -0.05) is 35.9 Å². The van der Waals surface area contributed by atoms with E-state index < -0.39 is 0 Å². The van der Waals surface area contributed by atoms with Crippen LogP contribution in [0.4, 0.5) is 10.1 Å². The Balaban J connectivity index is 1.30. The minimum Gasteiger partial charge on any atom is -0.325 e. The summed E-state index contributed by atoms with van der Waals surface area (Å²) < 4.78 is 15.6. The molecular weight excluding hydrogens is 439 g/mol. The van der Waals surface area contributed by atoms with Gasteiger partial charge in [0, 0.05) is 11.6 Å². The average molecular weight is 463 g/mol. The molecule has 0 atom stereocenters. The van der Waals surface area contributed by atoms with E-state index in [2.05, 4.69) is 14.8 Å². The summed E-state index contributed by atoms with van der Waals surface area (Å²) in [5.74, 6) is 0.610. The Bertz CT molecular complexity index is 1280. The summed E-state index contributed by atoms with van der Waals surface area (Å²) in [6.07, 6.45) is 1.54. The van der Waals surface area contributed by atoms with Crippen molar-refractivity contribution in [1.82, 2.24) is 14.5 Å². The van der Waals surface area contributed by atoms with E-state index in [1.807, 2.05) is 42.5 Å². The van der Waals surface area contributed by atoms with Gasteiger partial charge in [0.15, 0.2) is 0 Å². The van der Waals surface area contributed by atoms with Crippen LogP contribution in [0.25, 0.3) is 16.7 Å². The van der Waals surface area contributed by atoms with Crippen LogP contribution in [0.5, 0.6) is 0 Å². The Hall–Kier alpha value is -3.22. The summed E-state index contributed by atoms with van der Waals surface area (Å²) in [7, 11) is 0. The topological polar surface area (TPSA) is 50.2 Å². The van der Waals surface area contributed by atoms with E-state index in [1.54, 1.807) is 18.2 Å². The summed E-state index contributed by atoms with van der Waals surface area (Å²) >= 11 is 6.18. The molecule has 1 fully saturated rings. The van der Waals surface area contributed by atoms with Gasteiger partial charge in [0.1, 0.15) is 11.6 Å². The van der Waals surface area contributed by atoms with E-state index in [9.17, 15) is 9.18 Å². The van der Waals surface area contributed by atoms with Crippen molar-refractivity contribution in [3.63, 3.8) is 0 Å². The number of benzene rings is 3. The van der Waals surface area contributed by atoms with Crippen LogP contribution in [-0.4, -0.2) is 33.4 Å². The van der Waals surface area contributed by atoms with Crippen molar-refractivity contribution in [2.24, 2.45) is 5.92 Å². The molecule has 2 heterocycles. The Kier molecular flexibility index (Phi) is 6.11. The number of amides is 1. The molecule has 0 saturated carbocycles. The van der Waals surface area contributed by atoms with Gasteiger partial charge in [0.05, 0.1) is 28.3 Å². The lowest BCUT2D eigenvalue weighted by Gasteiger charge is -2.31. The third-order valence-corrected chi connectivity index (χ3v) is 6.50. The molecule has 4 aromatic rings. The molecule has 0 unspecified atom stereocenters. The molecule has 0 radical (unpaired) electrons. The molecular formula is C26H24ClFN4O. The number of likely N-dealkylation sites (tertiary alicyclic amines) is 1. The zero-order chi connectivity index (χ0) is 22.8. The number of halogens is 2. The number of imidazole rings is 1. The molecule has 1 N–H and O–H groups in total. The third-order valence-electron chi connectivity index (χ3n) is 6.17. The van der Waals surface area contributed by atoms with Gasteiger partial charge in [0.25, 0.3) is 0 Å². The highest BCUT2D eigenvalue weighted by molar-refractivity contribution is 6.33. The molecule has 1 amide bonds. The van der Waals surface area contributed by atoms with E-state index in [4.69, 9.17) is 16.6 Å². The molecule has 3 aromatic carbocycles. The van der Waals surface area contributed by atoms with Crippen LogP contribution in [0, 0.1) is 11.7 Å². The number of anilines is 1. The number of para-hydroxylation sites is 3. The standard InChI is InChI=1S/C26H24ClFN4O/c27-21-5-1-2-6-22(21)30-26(33)18-13-15-31(16-14-18)17-25-29-23-7-3-4-8-24(23)32(25)20-11-9-19(28)10-12-20/h1-12,18H,13-17H2,(H,30,33). The van der Waals surface area contributed by atoms with Crippen molar-refractivity contribution in [2.45, 2.75) is 19.4 Å². The quantitative estimate of drug-likeness (QED) is 0.416. The largest absolute Gasteiger partial charge is 0.325 e. The molecule has 5 nitrogen and oxygen atoms in total. The van der Waals surface area contributed by atoms with Crippen molar-refractivity contribution >= 4 is 34.2 Å². The van der Waals surface area contributed by atoms with Crippen LogP contribution in [0.1, 0.15) is 18.7 Å². The first kappa shape index (κ1) is 21.6. The molecule has 7 heteroatoms. The summed E-state index contributed by atoms with van der Waals surface area (Å²) in [5.41, 5.74) is 3.44. The number of hydrogen-bond donors (Lipinski definition) is 1. The molecule has 33 heavy (non-hydrogen) atoms. The lowest BCUT2D eigenvalue weighted by atomic mass is 9.96.